The minimum atomic E-state index is -0.103. The van der Waals surface area contributed by atoms with E-state index in [1.165, 1.54) is 0 Å². The first kappa shape index (κ1) is 21.3. The predicted molar refractivity (Wildman–Crippen MR) is 110 cm³/mol. The maximum Gasteiger partial charge on any atom is 0.191 e. The van der Waals surface area contributed by atoms with Crippen molar-refractivity contribution in [2.45, 2.75) is 38.8 Å². The van der Waals surface area contributed by atoms with Crippen molar-refractivity contribution in [3.63, 3.8) is 0 Å². The normalized spacial score (nSPS) is 20.4. The number of hydrogen-bond donors (Lipinski definition) is 2. The molecule has 5 nitrogen and oxygen atoms in total. The summed E-state index contributed by atoms with van der Waals surface area (Å²) in [6.45, 7) is 6.89. The highest BCUT2D eigenvalue weighted by Crippen LogP contribution is 2.24. The molecule has 1 aromatic rings. The summed E-state index contributed by atoms with van der Waals surface area (Å²) in [5.74, 6) is 1.55. The molecule has 24 heavy (non-hydrogen) atoms. The van der Waals surface area contributed by atoms with Gasteiger partial charge in [0.25, 0.3) is 0 Å². The average Bonchev–Trinajstić information content (AvgIpc) is 2.96. The first-order valence-corrected chi connectivity index (χ1v) is 8.44. The molecule has 0 aromatic heterocycles. The van der Waals surface area contributed by atoms with Crippen LogP contribution in [0.25, 0.3) is 0 Å². The zero-order valence-corrected chi connectivity index (χ0v) is 17.6. The van der Waals surface area contributed by atoms with E-state index in [1.54, 1.807) is 7.05 Å². The van der Waals surface area contributed by atoms with Crippen LogP contribution in [0.15, 0.2) is 23.2 Å². The van der Waals surface area contributed by atoms with Crippen molar-refractivity contribution in [3.05, 3.63) is 28.8 Å². The number of benzene rings is 1. The topological polar surface area (TPSA) is 54.9 Å². The SMILES string of the molecule is CCOc1cc(Cl)ccc1CNC(=NC)NCC1(C)CCCO1.I. The summed E-state index contributed by atoms with van der Waals surface area (Å²) in [6.07, 6.45) is 2.19. The number of halogens is 2. The average molecular weight is 468 g/mol. The summed E-state index contributed by atoms with van der Waals surface area (Å²) in [6, 6.07) is 5.67. The van der Waals surface area contributed by atoms with Crippen LogP contribution < -0.4 is 15.4 Å². The van der Waals surface area contributed by atoms with Crippen molar-refractivity contribution >= 4 is 41.5 Å². The number of guanidine groups is 1. The van der Waals surface area contributed by atoms with Gasteiger partial charge in [-0.05, 0) is 38.8 Å². The fourth-order valence-electron chi connectivity index (χ4n) is 2.61. The van der Waals surface area contributed by atoms with Crippen molar-refractivity contribution in [1.29, 1.82) is 0 Å². The molecule has 0 aliphatic carbocycles. The third-order valence-electron chi connectivity index (χ3n) is 3.93. The minimum absolute atomic E-state index is 0. The summed E-state index contributed by atoms with van der Waals surface area (Å²) in [5, 5.41) is 7.31. The zero-order valence-electron chi connectivity index (χ0n) is 14.5. The summed E-state index contributed by atoms with van der Waals surface area (Å²) in [7, 11) is 1.76. The second kappa shape index (κ2) is 10.3. The van der Waals surface area contributed by atoms with Crippen LogP contribution >= 0.6 is 35.6 Å². The van der Waals surface area contributed by atoms with Gasteiger partial charge in [0.05, 0.1) is 12.2 Å². The molecule has 0 amide bonds. The van der Waals surface area contributed by atoms with Crippen molar-refractivity contribution in [3.8, 4) is 5.75 Å². The fourth-order valence-corrected chi connectivity index (χ4v) is 2.77. The second-order valence-electron chi connectivity index (χ2n) is 5.87. The molecule has 1 atom stereocenters. The van der Waals surface area contributed by atoms with E-state index < -0.39 is 0 Å². The molecule has 136 valence electrons. The number of hydrogen-bond acceptors (Lipinski definition) is 3. The van der Waals surface area contributed by atoms with Crippen LogP contribution in [-0.2, 0) is 11.3 Å². The molecule has 1 unspecified atom stereocenters. The molecule has 2 rings (SSSR count). The third-order valence-corrected chi connectivity index (χ3v) is 4.16. The van der Waals surface area contributed by atoms with Crippen LogP contribution in [0.4, 0.5) is 0 Å². The van der Waals surface area contributed by atoms with E-state index in [2.05, 4.69) is 22.5 Å². The molecule has 1 fully saturated rings. The smallest absolute Gasteiger partial charge is 0.191 e. The lowest BCUT2D eigenvalue weighted by Crippen LogP contribution is -2.45. The Kier molecular flexibility index (Phi) is 9.15. The van der Waals surface area contributed by atoms with Gasteiger partial charge in [0.1, 0.15) is 5.75 Å². The van der Waals surface area contributed by atoms with Gasteiger partial charge in [-0.15, -0.1) is 24.0 Å². The standard InChI is InChI=1S/C17H26ClN3O2.HI/c1-4-22-15-10-14(18)7-6-13(15)11-20-16(19-3)21-12-17(2)8-5-9-23-17;/h6-7,10H,4-5,8-9,11-12H2,1-3H3,(H2,19,20,21);1H. The highest BCUT2D eigenvalue weighted by atomic mass is 127. The van der Waals surface area contributed by atoms with E-state index in [4.69, 9.17) is 21.1 Å². The molecule has 1 saturated heterocycles. The minimum Gasteiger partial charge on any atom is -0.493 e. The second-order valence-corrected chi connectivity index (χ2v) is 6.30. The van der Waals surface area contributed by atoms with E-state index in [1.807, 2.05) is 25.1 Å². The molecule has 1 aromatic carbocycles. The van der Waals surface area contributed by atoms with Crippen LogP contribution in [0.2, 0.25) is 5.02 Å². The number of nitrogens with one attached hydrogen (secondary N) is 2. The maximum atomic E-state index is 6.03. The highest BCUT2D eigenvalue weighted by molar-refractivity contribution is 14.0. The Morgan fingerprint density at radius 1 is 1.42 bits per heavy atom. The molecule has 2 N–H and O–H groups in total. The Morgan fingerprint density at radius 2 is 2.21 bits per heavy atom. The fraction of sp³-hybridized carbons (Fsp3) is 0.588. The van der Waals surface area contributed by atoms with Gasteiger partial charge in [0.2, 0.25) is 0 Å². The van der Waals surface area contributed by atoms with Gasteiger partial charge in [0.15, 0.2) is 5.96 Å². The van der Waals surface area contributed by atoms with Gasteiger partial charge in [-0.2, -0.15) is 0 Å². The van der Waals surface area contributed by atoms with E-state index in [0.29, 0.717) is 18.2 Å². The van der Waals surface area contributed by atoms with Gasteiger partial charge in [0, 0.05) is 37.3 Å². The summed E-state index contributed by atoms with van der Waals surface area (Å²) in [5.41, 5.74) is 0.941. The van der Waals surface area contributed by atoms with Gasteiger partial charge in [-0.25, -0.2) is 0 Å². The Balaban J connectivity index is 0.00000288. The molecular weight excluding hydrogens is 441 g/mol. The summed E-state index contributed by atoms with van der Waals surface area (Å²) >= 11 is 6.03. The lowest BCUT2D eigenvalue weighted by molar-refractivity contribution is 0.0243. The van der Waals surface area contributed by atoms with Crippen molar-refractivity contribution in [2.24, 2.45) is 4.99 Å². The summed E-state index contributed by atoms with van der Waals surface area (Å²) in [4.78, 5) is 4.26. The zero-order chi connectivity index (χ0) is 16.7. The quantitative estimate of drug-likeness (QED) is 0.381. The van der Waals surface area contributed by atoms with Crippen molar-refractivity contribution in [2.75, 3.05) is 26.8 Å². The van der Waals surface area contributed by atoms with Crippen LogP contribution in [0.1, 0.15) is 32.3 Å². The summed E-state index contributed by atoms with van der Waals surface area (Å²) < 4.78 is 11.4. The molecule has 0 radical (unpaired) electrons. The van der Waals surface area contributed by atoms with E-state index in [-0.39, 0.29) is 29.6 Å². The van der Waals surface area contributed by atoms with E-state index in [0.717, 1.165) is 43.3 Å². The first-order valence-electron chi connectivity index (χ1n) is 8.06. The lowest BCUT2D eigenvalue weighted by Gasteiger charge is -2.24. The van der Waals surface area contributed by atoms with E-state index >= 15 is 0 Å². The number of nitrogens with zero attached hydrogens (tertiary/aromatic N) is 1. The van der Waals surface area contributed by atoms with Crippen LogP contribution in [0.3, 0.4) is 0 Å². The molecular formula is C17H27ClIN3O2. The molecule has 1 heterocycles. The van der Waals surface area contributed by atoms with Crippen molar-refractivity contribution in [1.82, 2.24) is 10.6 Å². The Morgan fingerprint density at radius 3 is 2.83 bits per heavy atom. The Hall–Kier alpha value is -0.730. The molecule has 1 aliphatic rings. The van der Waals surface area contributed by atoms with Crippen LogP contribution in [-0.4, -0.2) is 38.4 Å². The van der Waals surface area contributed by atoms with E-state index in [9.17, 15) is 0 Å². The Bertz CT molecular complexity index is 549. The van der Waals surface area contributed by atoms with Gasteiger partial charge >= 0.3 is 0 Å². The monoisotopic (exact) mass is 467 g/mol. The third kappa shape index (κ3) is 6.29. The first-order chi connectivity index (χ1) is 11.1. The van der Waals surface area contributed by atoms with Crippen LogP contribution in [0.5, 0.6) is 5.75 Å². The number of ether oxygens (including phenoxy) is 2. The van der Waals surface area contributed by atoms with Crippen molar-refractivity contribution < 1.29 is 9.47 Å². The number of rotatable bonds is 6. The highest BCUT2D eigenvalue weighted by Gasteiger charge is 2.29. The maximum absolute atomic E-state index is 6.03. The predicted octanol–water partition coefficient (Wildman–Crippen LogP) is 3.59. The van der Waals surface area contributed by atoms with Crippen LogP contribution in [0, 0.1) is 0 Å². The Labute approximate surface area is 166 Å². The number of aliphatic imine (C=N–C) groups is 1. The molecule has 0 spiro atoms. The van der Waals surface area contributed by atoms with Gasteiger partial charge in [-0.3, -0.25) is 4.99 Å². The van der Waals surface area contributed by atoms with Gasteiger partial charge < -0.3 is 20.1 Å². The molecule has 1 aliphatic heterocycles. The largest absolute Gasteiger partial charge is 0.493 e. The van der Waals surface area contributed by atoms with Gasteiger partial charge in [-0.1, -0.05) is 17.7 Å². The lowest BCUT2D eigenvalue weighted by atomic mass is 10.0. The molecule has 0 bridgehead atoms. The molecule has 0 saturated carbocycles. The molecule has 7 heteroatoms.